The smallest absolute Gasteiger partial charge is 0.244 e. The summed E-state index contributed by atoms with van der Waals surface area (Å²) in [5.41, 5.74) is 0.869. The molecule has 1 unspecified atom stereocenters. The summed E-state index contributed by atoms with van der Waals surface area (Å²) < 4.78 is 12.6. The van der Waals surface area contributed by atoms with Crippen LogP contribution in [0, 0.1) is 5.82 Å². The molecule has 1 aromatic rings. The number of nitrogens with one attached hydrogen (secondary N) is 2. The van der Waals surface area contributed by atoms with Crippen molar-refractivity contribution >= 4 is 11.8 Å². The highest BCUT2D eigenvalue weighted by Crippen LogP contribution is 2.05. The zero-order chi connectivity index (χ0) is 11.5. The average molecular weight is 222 g/mol. The van der Waals surface area contributed by atoms with E-state index >= 15 is 0 Å². The Labute approximate surface area is 91.8 Å². The van der Waals surface area contributed by atoms with Gasteiger partial charge in [0.15, 0.2) is 0 Å². The van der Waals surface area contributed by atoms with E-state index in [4.69, 9.17) is 0 Å². The summed E-state index contributed by atoms with van der Waals surface area (Å²) in [6.07, 6.45) is 0.167. The van der Waals surface area contributed by atoms with Crippen molar-refractivity contribution in [3.63, 3.8) is 0 Å². The summed E-state index contributed by atoms with van der Waals surface area (Å²) in [5.74, 6) is -0.855. The maximum absolute atomic E-state index is 12.6. The van der Waals surface area contributed by atoms with E-state index in [0.717, 1.165) is 5.56 Å². The Hall–Kier alpha value is -1.75. The number of amides is 2. The van der Waals surface area contributed by atoms with Crippen molar-refractivity contribution in [2.45, 2.75) is 19.0 Å². The van der Waals surface area contributed by atoms with Crippen LogP contribution in [0.1, 0.15) is 12.0 Å². The standard InChI is InChI=1S/C11H11FN2O2/c12-8-3-1-7(2-4-8)6-13-9-5-10(15)14-11(9)16/h1-4,9,13H,5-6H2,(H,14,15,16). The van der Waals surface area contributed by atoms with Gasteiger partial charge in [-0.05, 0) is 17.7 Å². The molecule has 2 amide bonds. The highest BCUT2D eigenvalue weighted by atomic mass is 19.1. The van der Waals surface area contributed by atoms with Gasteiger partial charge in [-0.25, -0.2) is 4.39 Å². The third-order valence-electron chi connectivity index (χ3n) is 2.43. The lowest BCUT2D eigenvalue weighted by Crippen LogP contribution is -2.35. The Morgan fingerprint density at radius 3 is 2.56 bits per heavy atom. The number of benzene rings is 1. The molecule has 2 rings (SSSR count). The molecule has 5 heteroatoms. The van der Waals surface area contributed by atoms with E-state index in [1.165, 1.54) is 12.1 Å². The minimum absolute atomic E-state index is 0.167. The number of rotatable bonds is 3. The van der Waals surface area contributed by atoms with E-state index < -0.39 is 6.04 Å². The van der Waals surface area contributed by atoms with Gasteiger partial charge in [0.1, 0.15) is 5.82 Å². The fraction of sp³-hybridized carbons (Fsp3) is 0.273. The maximum Gasteiger partial charge on any atom is 0.244 e. The third-order valence-corrected chi connectivity index (χ3v) is 2.43. The van der Waals surface area contributed by atoms with Gasteiger partial charge < -0.3 is 5.32 Å². The minimum Gasteiger partial charge on any atom is -0.301 e. The molecular weight excluding hydrogens is 211 g/mol. The monoisotopic (exact) mass is 222 g/mol. The van der Waals surface area contributed by atoms with Crippen LogP contribution in [0.3, 0.4) is 0 Å². The lowest BCUT2D eigenvalue weighted by molar-refractivity contribution is -0.125. The Balaban J connectivity index is 1.90. The number of imide groups is 1. The zero-order valence-electron chi connectivity index (χ0n) is 8.50. The van der Waals surface area contributed by atoms with Crippen molar-refractivity contribution in [1.82, 2.24) is 10.6 Å². The molecular formula is C11H11FN2O2. The van der Waals surface area contributed by atoms with E-state index in [0.29, 0.717) is 6.54 Å². The molecule has 0 bridgehead atoms. The normalized spacial score (nSPS) is 19.9. The summed E-state index contributed by atoms with van der Waals surface area (Å²) in [4.78, 5) is 22.1. The molecule has 1 fully saturated rings. The summed E-state index contributed by atoms with van der Waals surface area (Å²) >= 11 is 0. The van der Waals surface area contributed by atoms with Crippen molar-refractivity contribution in [2.24, 2.45) is 0 Å². The van der Waals surface area contributed by atoms with Gasteiger partial charge in [-0.1, -0.05) is 12.1 Å². The second kappa shape index (κ2) is 4.40. The second-order valence-corrected chi connectivity index (χ2v) is 3.68. The first-order chi connectivity index (χ1) is 7.65. The first-order valence-electron chi connectivity index (χ1n) is 4.96. The van der Waals surface area contributed by atoms with Crippen LogP contribution in [0.25, 0.3) is 0 Å². The topological polar surface area (TPSA) is 58.2 Å². The van der Waals surface area contributed by atoms with Gasteiger partial charge in [0.05, 0.1) is 12.5 Å². The largest absolute Gasteiger partial charge is 0.301 e. The molecule has 1 atom stereocenters. The summed E-state index contributed by atoms with van der Waals surface area (Å²) in [7, 11) is 0. The second-order valence-electron chi connectivity index (χ2n) is 3.68. The van der Waals surface area contributed by atoms with Gasteiger partial charge in [-0.2, -0.15) is 0 Å². The van der Waals surface area contributed by atoms with Crippen LogP contribution in [0.2, 0.25) is 0 Å². The molecule has 0 aliphatic carbocycles. The Bertz CT molecular complexity index is 416. The summed E-state index contributed by atoms with van der Waals surface area (Å²) in [6, 6.07) is 5.51. The van der Waals surface area contributed by atoms with E-state index in [2.05, 4.69) is 10.6 Å². The van der Waals surface area contributed by atoms with Gasteiger partial charge in [0, 0.05) is 6.54 Å². The first-order valence-corrected chi connectivity index (χ1v) is 4.96. The van der Waals surface area contributed by atoms with Crippen molar-refractivity contribution in [1.29, 1.82) is 0 Å². The van der Waals surface area contributed by atoms with Crippen molar-refractivity contribution in [3.05, 3.63) is 35.6 Å². The van der Waals surface area contributed by atoms with Gasteiger partial charge in [-0.3, -0.25) is 14.9 Å². The lowest BCUT2D eigenvalue weighted by atomic mass is 10.2. The van der Waals surface area contributed by atoms with Gasteiger partial charge >= 0.3 is 0 Å². The average Bonchev–Trinajstić information content (AvgIpc) is 2.57. The van der Waals surface area contributed by atoms with Crippen LogP contribution in [0.4, 0.5) is 4.39 Å². The number of halogens is 1. The first kappa shape index (κ1) is 10.8. The van der Waals surface area contributed by atoms with Crippen LogP contribution >= 0.6 is 0 Å². The lowest BCUT2D eigenvalue weighted by Gasteiger charge is -2.08. The molecule has 0 aromatic heterocycles. The van der Waals surface area contributed by atoms with Gasteiger partial charge in [0.25, 0.3) is 0 Å². The molecule has 2 N–H and O–H groups in total. The Morgan fingerprint density at radius 2 is 2.00 bits per heavy atom. The Kier molecular flexibility index (Phi) is 2.96. The van der Waals surface area contributed by atoms with Crippen LogP contribution in [0.15, 0.2) is 24.3 Å². The van der Waals surface area contributed by atoms with Crippen molar-refractivity contribution in [3.8, 4) is 0 Å². The molecule has 1 saturated heterocycles. The Morgan fingerprint density at radius 1 is 1.31 bits per heavy atom. The number of carbonyl (C=O) groups is 2. The predicted octanol–water partition coefficient (Wildman–Crippen LogP) is 0.330. The minimum atomic E-state index is -0.474. The molecule has 0 spiro atoms. The predicted molar refractivity (Wildman–Crippen MR) is 54.8 cm³/mol. The summed E-state index contributed by atoms with van der Waals surface area (Å²) in [6.45, 7) is 0.436. The molecule has 1 aromatic carbocycles. The van der Waals surface area contributed by atoms with Crippen LogP contribution in [0.5, 0.6) is 0 Å². The molecule has 1 aliphatic rings. The van der Waals surface area contributed by atoms with Crippen LogP contribution in [-0.4, -0.2) is 17.9 Å². The highest BCUT2D eigenvalue weighted by Gasteiger charge is 2.29. The van der Waals surface area contributed by atoms with Gasteiger partial charge in [-0.15, -0.1) is 0 Å². The molecule has 1 heterocycles. The summed E-state index contributed by atoms with van der Waals surface area (Å²) in [5, 5.41) is 5.15. The van der Waals surface area contributed by atoms with Crippen LogP contribution in [-0.2, 0) is 16.1 Å². The number of hydrogen-bond donors (Lipinski definition) is 2. The molecule has 4 nitrogen and oxygen atoms in total. The van der Waals surface area contributed by atoms with Crippen LogP contribution < -0.4 is 10.6 Å². The quantitative estimate of drug-likeness (QED) is 0.725. The molecule has 84 valence electrons. The molecule has 1 aliphatic heterocycles. The van der Waals surface area contributed by atoms with E-state index in [1.807, 2.05) is 0 Å². The van der Waals surface area contributed by atoms with E-state index in [-0.39, 0.29) is 24.1 Å². The SMILES string of the molecule is O=C1CC(NCc2ccc(F)cc2)C(=O)N1. The zero-order valence-corrected chi connectivity index (χ0v) is 8.50. The third kappa shape index (κ3) is 2.43. The van der Waals surface area contributed by atoms with Crippen molar-refractivity contribution in [2.75, 3.05) is 0 Å². The van der Waals surface area contributed by atoms with E-state index in [9.17, 15) is 14.0 Å². The highest BCUT2D eigenvalue weighted by molar-refractivity contribution is 6.05. The van der Waals surface area contributed by atoms with E-state index in [1.54, 1.807) is 12.1 Å². The fourth-order valence-electron chi connectivity index (χ4n) is 1.56. The maximum atomic E-state index is 12.6. The molecule has 16 heavy (non-hydrogen) atoms. The molecule has 0 radical (unpaired) electrons. The number of carbonyl (C=O) groups excluding carboxylic acids is 2. The van der Waals surface area contributed by atoms with Gasteiger partial charge in [0.2, 0.25) is 11.8 Å². The molecule has 0 saturated carbocycles. The van der Waals surface area contributed by atoms with Crippen molar-refractivity contribution < 1.29 is 14.0 Å². The fourth-order valence-corrected chi connectivity index (χ4v) is 1.56. The number of hydrogen-bond acceptors (Lipinski definition) is 3.